The molecule has 12 heteroatoms. The van der Waals surface area contributed by atoms with Crippen LogP contribution in [0.3, 0.4) is 0 Å². The number of nitro groups is 1. The van der Waals surface area contributed by atoms with Crippen LogP contribution in [0.1, 0.15) is 22.7 Å². The van der Waals surface area contributed by atoms with Crippen LogP contribution in [0.5, 0.6) is 11.5 Å². The number of Topliss-reactive ketones (excluding diaryl/α,β-unsaturated/α-hetero) is 1. The number of aliphatic hydroxyl groups is 1. The van der Waals surface area contributed by atoms with E-state index in [2.05, 4.69) is 0 Å². The van der Waals surface area contributed by atoms with Crippen molar-refractivity contribution < 1.29 is 42.3 Å². The molecule has 0 bridgehead atoms. The summed E-state index contributed by atoms with van der Waals surface area (Å²) in [6, 6.07) is 11.5. The Hall–Kier alpha value is -4.87. The van der Waals surface area contributed by atoms with Gasteiger partial charge in [0.25, 0.3) is 17.4 Å². The highest BCUT2D eigenvalue weighted by atomic mass is 19.4. The lowest BCUT2D eigenvalue weighted by atomic mass is 9.94. The summed E-state index contributed by atoms with van der Waals surface area (Å²) in [6.07, 6.45) is -4.72. The van der Waals surface area contributed by atoms with Crippen molar-refractivity contribution in [1.82, 2.24) is 0 Å². The van der Waals surface area contributed by atoms with Crippen LogP contribution < -0.4 is 14.4 Å². The van der Waals surface area contributed by atoms with Crippen molar-refractivity contribution in [2.45, 2.75) is 12.2 Å². The Morgan fingerprint density at radius 1 is 0.974 bits per heavy atom. The Kier molecular flexibility index (Phi) is 6.81. The van der Waals surface area contributed by atoms with Gasteiger partial charge in [-0.15, -0.1) is 0 Å². The summed E-state index contributed by atoms with van der Waals surface area (Å²) in [5, 5.41) is 22.1. The summed E-state index contributed by atoms with van der Waals surface area (Å²) in [6.45, 7) is 0. The second-order valence-electron chi connectivity index (χ2n) is 8.14. The van der Waals surface area contributed by atoms with Gasteiger partial charge in [0.2, 0.25) is 0 Å². The Balaban J connectivity index is 1.96. The number of hydrogen-bond donors (Lipinski definition) is 1. The molecule has 9 nitrogen and oxygen atoms in total. The maximum absolute atomic E-state index is 13.4. The van der Waals surface area contributed by atoms with Crippen LogP contribution in [0.15, 0.2) is 72.3 Å². The highest BCUT2D eigenvalue weighted by molar-refractivity contribution is 6.51. The standard InChI is InChI=1S/C26H19F3N2O7/c1-37-19-11-8-15(12-20(19)38-2)22-21(23(32)14-6-9-17(10-7-14)31(35)36)24(33)25(34)30(22)18-5-3-4-16(13-18)26(27,28)29/h3-13,22,32H,1-2H3. The van der Waals surface area contributed by atoms with Gasteiger partial charge in [-0.1, -0.05) is 12.1 Å². The van der Waals surface area contributed by atoms with E-state index in [0.29, 0.717) is 5.75 Å². The zero-order valence-electron chi connectivity index (χ0n) is 19.9. The first-order valence-electron chi connectivity index (χ1n) is 10.9. The monoisotopic (exact) mass is 528 g/mol. The second-order valence-corrected chi connectivity index (χ2v) is 8.14. The van der Waals surface area contributed by atoms with Crippen LogP contribution >= 0.6 is 0 Å². The average Bonchev–Trinajstić information content (AvgIpc) is 3.17. The molecule has 0 aromatic heterocycles. The van der Waals surface area contributed by atoms with E-state index >= 15 is 0 Å². The summed E-state index contributed by atoms with van der Waals surface area (Å²) >= 11 is 0. The van der Waals surface area contributed by atoms with E-state index in [-0.39, 0.29) is 28.3 Å². The molecule has 3 aromatic carbocycles. The number of halogens is 3. The van der Waals surface area contributed by atoms with Crippen molar-refractivity contribution in [2.75, 3.05) is 19.1 Å². The Morgan fingerprint density at radius 2 is 1.63 bits per heavy atom. The number of carbonyl (C=O) groups is 2. The molecule has 4 rings (SSSR count). The quantitative estimate of drug-likeness (QED) is 0.152. The molecule has 0 aliphatic carbocycles. The number of benzene rings is 3. The topological polar surface area (TPSA) is 119 Å². The number of ether oxygens (including phenoxy) is 2. The van der Waals surface area contributed by atoms with Crippen molar-refractivity contribution in [3.8, 4) is 11.5 Å². The normalized spacial score (nSPS) is 17.0. The third-order valence-electron chi connectivity index (χ3n) is 5.97. The van der Waals surface area contributed by atoms with Gasteiger partial charge in [-0.3, -0.25) is 24.6 Å². The number of rotatable bonds is 6. The molecule has 196 valence electrons. The Morgan fingerprint density at radius 3 is 2.21 bits per heavy atom. The first-order chi connectivity index (χ1) is 18.0. The molecular formula is C26H19F3N2O7. The molecule has 0 spiro atoms. The predicted molar refractivity (Wildman–Crippen MR) is 129 cm³/mol. The number of nitrogens with zero attached hydrogens (tertiary/aromatic N) is 2. The van der Waals surface area contributed by atoms with E-state index in [9.17, 15) is 38.0 Å². The molecule has 38 heavy (non-hydrogen) atoms. The van der Waals surface area contributed by atoms with Gasteiger partial charge in [0, 0.05) is 23.4 Å². The zero-order chi connectivity index (χ0) is 27.8. The minimum absolute atomic E-state index is 0.0110. The van der Waals surface area contributed by atoms with Gasteiger partial charge in [0.15, 0.2) is 11.5 Å². The summed E-state index contributed by atoms with van der Waals surface area (Å²) < 4.78 is 50.9. The smallest absolute Gasteiger partial charge is 0.416 e. The summed E-state index contributed by atoms with van der Waals surface area (Å²) in [7, 11) is 2.74. The number of methoxy groups -OCH3 is 2. The summed E-state index contributed by atoms with van der Waals surface area (Å²) in [4.78, 5) is 37.7. The largest absolute Gasteiger partial charge is 0.507 e. The predicted octanol–water partition coefficient (Wildman–Crippen LogP) is 5.26. The summed E-state index contributed by atoms with van der Waals surface area (Å²) in [5.74, 6) is -2.48. The van der Waals surface area contributed by atoms with E-state index in [1.807, 2.05) is 0 Å². The van der Waals surface area contributed by atoms with Gasteiger partial charge in [-0.05, 0) is 48.0 Å². The first kappa shape index (κ1) is 26.2. The fourth-order valence-electron chi connectivity index (χ4n) is 4.17. The van der Waals surface area contributed by atoms with Gasteiger partial charge in [0.05, 0.1) is 36.3 Å². The van der Waals surface area contributed by atoms with Crippen molar-refractivity contribution in [2.24, 2.45) is 0 Å². The summed E-state index contributed by atoms with van der Waals surface area (Å²) in [5.41, 5.74) is -1.76. The number of non-ortho nitro benzene ring substituents is 1. The highest BCUT2D eigenvalue weighted by Crippen LogP contribution is 2.45. The fraction of sp³-hybridized carbons (Fsp3) is 0.154. The van der Waals surface area contributed by atoms with E-state index in [4.69, 9.17) is 9.47 Å². The number of nitro benzene ring substituents is 1. The highest BCUT2D eigenvalue weighted by Gasteiger charge is 2.47. The lowest BCUT2D eigenvalue weighted by molar-refractivity contribution is -0.384. The number of carbonyl (C=O) groups excluding carboxylic acids is 2. The number of ketones is 1. The zero-order valence-corrected chi connectivity index (χ0v) is 19.9. The lowest BCUT2D eigenvalue weighted by Gasteiger charge is -2.26. The number of amides is 1. The molecule has 1 heterocycles. The Bertz CT molecular complexity index is 1470. The third kappa shape index (κ3) is 4.63. The maximum atomic E-state index is 13.4. The van der Waals surface area contributed by atoms with Crippen LogP contribution in [0.2, 0.25) is 0 Å². The van der Waals surface area contributed by atoms with E-state index < -0.39 is 45.7 Å². The second kappa shape index (κ2) is 9.88. The van der Waals surface area contributed by atoms with Gasteiger partial charge < -0.3 is 14.6 Å². The average molecular weight is 528 g/mol. The minimum Gasteiger partial charge on any atom is -0.507 e. The van der Waals surface area contributed by atoms with Crippen LogP contribution in [0.4, 0.5) is 24.5 Å². The Labute approximate surface area is 213 Å². The van der Waals surface area contributed by atoms with Gasteiger partial charge in [-0.25, -0.2) is 0 Å². The third-order valence-corrected chi connectivity index (χ3v) is 5.97. The lowest BCUT2D eigenvalue weighted by Crippen LogP contribution is -2.29. The molecule has 1 aliphatic rings. The van der Waals surface area contributed by atoms with Crippen LogP contribution in [-0.4, -0.2) is 35.9 Å². The van der Waals surface area contributed by atoms with Crippen molar-refractivity contribution >= 4 is 28.8 Å². The molecule has 1 aliphatic heterocycles. The first-order valence-corrected chi connectivity index (χ1v) is 10.9. The van der Waals surface area contributed by atoms with Crippen molar-refractivity contribution in [3.05, 3.63) is 99.1 Å². The number of hydrogen-bond acceptors (Lipinski definition) is 7. The molecule has 1 saturated heterocycles. The van der Waals surface area contributed by atoms with Crippen LogP contribution in [0.25, 0.3) is 5.76 Å². The van der Waals surface area contributed by atoms with E-state index in [0.717, 1.165) is 35.2 Å². The van der Waals surface area contributed by atoms with Crippen molar-refractivity contribution in [3.63, 3.8) is 0 Å². The van der Waals surface area contributed by atoms with Gasteiger partial charge in [0.1, 0.15) is 5.76 Å². The van der Waals surface area contributed by atoms with Gasteiger partial charge in [-0.2, -0.15) is 13.2 Å². The minimum atomic E-state index is -4.72. The molecule has 3 aromatic rings. The number of aliphatic hydroxyl groups excluding tert-OH is 1. The van der Waals surface area contributed by atoms with Crippen LogP contribution in [0, 0.1) is 10.1 Å². The van der Waals surface area contributed by atoms with E-state index in [1.54, 1.807) is 0 Å². The number of alkyl halides is 3. The molecule has 1 unspecified atom stereocenters. The molecule has 1 fully saturated rings. The molecular weight excluding hydrogens is 509 g/mol. The molecule has 1 atom stereocenters. The molecule has 1 N–H and O–H groups in total. The fourth-order valence-corrected chi connectivity index (χ4v) is 4.17. The number of anilines is 1. The van der Waals surface area contributed by atoms with E-state index in [1.165, 1.54) is 50.6 Å². The molecule has 0 radical (unpaired) electrons. The van der Waals surface area contributed by atoms with Crippen molar-refractivity contribution in [1.29, 1.82) is 0 Å². The molecule has 1 amide bonds. The SMILES string of the molecule is COc1ccc(C2C(=C(O)c3ccc([N+](=O)[O-])cc3)C(=O)C(=O)N2c2cccc(C(F)(F)F)c2)cc1OC. The van der Waals surface area contributed by atoms with Crippen LogP contribution in [-0.2, 0) is 15.8 Å². The maximum Gasteiger partial charge on any atom is 0.416 e. The van der Waals surface area contributed by atoms with Gasteiger partial charge >= 0.3 is 6.18 Å². The molecule has 0 saturated carbocycles.